The van der Waals surface area contributed by atoms with Gasteiger partial charge in [0.1, 0.15) is 12.4 Å². The number of nitrogens with two attached hydrogens (primary N) is 1. The third kappa shape index (κ3) is 4.00. The molecule has 1 aromatic rings. The Balaban J connectivity index is 2.46. The van der Waals surface area contributed by atoms with Gasteiger partial charge in [-0.15, -0.1) is 0 Å². The van der Waals surface area contributed by atoms with Crippen molar-refractivity contribution in [2.24, 2.45) is 11.8 Å². The predicted molar refractivity (Wildman–Crippen MR) is 67.5 cm³/mol. The lowest BCUT2D eigenvalue weighted by molar-refractivity contribution is 0.221. The first-order valence-electron chi connectivity index (χ1n) is 5.51. The molecule has 2 atom stereocenters. The molecule has 3 N–H and O–H groups in total. The van der Waals surface area contributed by atoms with Crippen molar-refractivity contribution < 1.29 is 4.74 Å². The van der Waals surface area contributed by atoms with Crippen LogP contribution in [-0.4, -0.2) is 12.6 Å². The Hall–Kier alpha value is -0.770. The quantitative estimate of drug-likeness (QED) is 0.596. The summed E-state index contributed by atoms with van der Waals surface area (Å²) in [4.78, 5) is 0. The van der Waals surface area contributed by atoms with Crippen LogP contribution in [0.2, 0.25) is 5.02 Å². The molecular formula is C12H19ClN2O. The summed E-state index contributed by atoms with van der Waals surface area (Å²) in [5.41, 5.74) is 2.78. The van der Waals surface area contributed by atoms with Crippen LogP contribution in [0.15, 0.2) is 24.3 Å². The second-order valence-corrected chi connectivity index (χ2v) is 4.36. The second kappa shape index (κ2) is 6.74. The molecule has 1 rings (SSSR count). The minimum absolute atomic E-state index is 0.167. The van der Waals surface area contributed by atoms with Gasteiger partial charge in [-0.1, -0.05) is 31.9 Å². The van der Waals surface area contributed by atoms with Gasteiger partial charge in [-0.2, -0.15) is 0 Å². The molecule has 0 saturated carbocycles. The summed E-state index contributed by atoms with van der Waals surface area (Å²) >= 11 is 5.79. The van der Waals surface area contributed by atoms with Crippen LogP contribution >= 0.6 is 11.6 Å². The first-order valence-corrected chi connectivity index (χ1v) is 5.89. The SMILES string of the molecule is CCC(C)C(COc1ccc(Cl)cc1)NN. The molecule has 0 fully saturated rings. The zero-order valence-corrected chi connectivity index (χ0v) is 10.5. The maximum absolute atomic E-state index is 5.79. The van der Waals surface area contributed by atoms with Crippen LogP contribution in [0.4, 0.5) is 0 Å². The predicted octanol–water partition coefficient (Wildman–Crippen LogP) is 2.60. The summed E-state index contributed by atoms with van der Waals surface area (Å²) in [5.74, 6) is 6.78. The molecule has 0 aliphatic heterocycles. The molecule has 90 valence electrons. The van der Waals surface area contributed by atoms with Crippen molar-refractivity contribution in [3.63, 3.8) is 0 Å². The van der Waals surface area contributed by atoms with Crippen LogP contribution in [0, 0.1) is 5.92 Å². The highest BCUT2D eigenvalue weighted by Crippen LogP contribution is 2.16. The van der Waals surface area contributed by atoms with Crippen LogP contribution in [0.5, 0.6) is 5.75 Å². The second-order valence-electron chi connectivity index (χ2n) is 3.92. The summed E-state index contributed by atoms with van der Waals surface area (Å²) in [6.45, 7) is 4.85. The Morgan fingerprint density at radius 3 is 2.50 bits per heavy atom. The van der Waals surface area contributed by atoms with Gasteiger partial charge >= 0.3 is 0 Å². The third-order valence-electron chi connectivity index (χ3n) is 2.79. The lowest BCUT2D eigenvalue weighted by atomic mass is 10.0. The average Bonchev–Trinajstić information content (AvgIpc) is 2.31. The minimum Gasteiger partial charge on any atom is -0.492 e. The number of halogens is 1. The van der Waals surface area contributed by atoms with Crippen LogP contribution in [0.25, 0.3) is 0 Å². The minimum atomic E-state index is 0.167. The van der Waals surface area contributed by atoms with Gasteiger partial charge in [0.05, 0.1) is 6.04 Å². The number of ether oxygens (including phenoxy) is 1. The molecule has 0 aromatic heterocycles. The van der Waals surface area contributed by atoms with Gasteiger partial charge in [-0.05, 0) is 30.2 Å². The monoisotopic (exact) mass is 242 g/mol. The number of benzene rings is 1. The number of rotatable bonds is 6. The van der Waals surface area contributed by atoms with Crippen molar-refractivity contribution in [1.29, 1.82) is 0 Å². The molecule has 4 heteroatoms. The Morgan fingerprint density at radius 1 is 1.38 bits per heavy atom. The van der Waals surface area contributed by atoms with Crippen molar-refractivity contribution in [3.8, 4) is 5.75 Å². The zero-order chi connectivity index (χ0) is 12.0. The summed E-state index contributed by atoms with van der Waals surface area (Å²) in [5, 5.41) is 0.711. The Bertz CT molecular complexity index is 302. The molecule has 0 radical (unpaired) electrons. The van der Waals surface area contributed by atoms with Gasteiger partial charge < -0.3 is 4.74 Å². The van der Waals surface area contributed by atoms with Crippen molar-refractivity contribution >= 4 is 11.6 Å². The van der Waals surface area contributed by atoms with Crippen LogP contribution in [-0.2, 0) is 0 Å². The molecule has 1 aromatic carbocycles. The van der Waals surface area contributed by atoms with E-state index >= 15 is 0 Å². The maximum atomic E-state index is 5.79. The van der Waals surface area contributed by atoms with E-state index in [0.717, 1.165) is 12.2 Å². The summed E-state index contributed by atoms with van der Waals surface area (Å²) in [6, 6.07) is 7.50. The van der Waals surface area contributed by atoms with E-state index in [1.165, 1.54) is 0 Å². The molecule has 0 aliphatic rings. The Morgan fingerprint density at radius 2 is 2.00 bits per heavy atom. The van der Waals surface area contributed by atoms with E-state index in [1.54, 1.807) is 0 Å². The van der Waals surface area contributed by atoms with E-state index in [2.05, 4.69) is 19.3 Å². The standard InChI is InChI=1S/C12H19ClN2O/c1-3-9(2)12(15-14)8-16-11-6-4-10(13)5-7-11/h4-7,9,12,15H,3,8,14H2,1-2H3. The van der Waals surface area contributed by atoms with Gasteiger partial charge in [0.15, 0.2) is 0 Å². The normalized spacial score (nSPS) is 14.5. The largest absolute Gasteiger partial charge is 0.492 e. The number of hydrogen-bond acceptors (Lipinski definition) is 3. The zero-order valence-electron chi connectivity index (χ0n) is 9.74. The molecule has 0 saturated heterocycles. The van der Waals surface area contributed by atoms with Gasteiger partial charge in [-0.25, -0.2) is 0 Å². The van der Waals surface area contributed by atoms with Crippen LogP contribution in [0.3, 0.4) is 0 Å². The van der Waals surface area contributed by atoms with E-state index in [9.17, 15) is 0 Å². The van der Waals surface area contributed by atoms with Crippen molar-refractivity contribution in [3.05, 3.63) is 29.3 Å². The number of hydrazine groups is 1. The lowest BCUT2D eigenvalue weighted by Gasteiger charge is -2.22. The van der Waals surface area contributed by atoms with E-state index in [0.29, 0.717) is 17.5 Å². The maximum Gasteiger partial charge on any atom is 0.119 e. The molecule has 2 unspecified atom stereocenters. The van der Waals surface area contributed by atoms with Crippen molar-refractivity contribution in [1.82, 2.24) is 5.43 Å². The highest BCUT2D eigenvalue weighted by atomic mass is 35.5. The molecule has 0 bridgehead atoms. The van der Waals surface area contributed by atoms with E-state index in [4.69, 9.17) is 22.2 Å². The molecule has 3 nitrogen and oxygen atoms in total. The highest BCUT2D eigenvalue weighted by molar-refractivity contribution is 6.30. The Kier molecular flexibility index (Phi) is 5.60. The lowest BCUT2D eigenvalue weighted by Crippen LogP contribution is -2.43. The van der Waals surface area contributed by atoms with Crippen LogP contribution in [0.1, 0.15) is 20.3 Å². The first kappa shape index (κ1) is 13.3. The van der Waals surface area contributed by atoms with Gasteiger partial charge in [0.25, 0.3) is 0 Å². The summed E-state index contributed by atoms with van der Waals surface area (Å²) < 4.78 is 5.64. The van der Waals surface area contributed by atoms with Gasteiger partial charge in [-0.3, -0.25) is 11.3 Å². The Labute approximate surface area is 102 Å². The van der Waals surface area contributed by atoms with E-state index in [1.807, 2.05) is 24.3 Å². The summed E-state index contributed by atoms with van der Waals surface area (Å²) in [6.07, 6.45) is 1.07. The molecule has 0 amide bonds. The highest BCUT2D eigenvalue weighted by Gasteiger charge is 2.14. The fourth-order valence-electron chi connectivity index (χ4n) is 1.38. The van der Waals surface area contributed by atoms with Gasteiger partial charge in [0.2, 0.25) is 0 Å². The van der Waals surface area contributed by atoms with Crippen molar-refractivity contribution in [2.75, 3.05) is 6.61 Å². The smallest absolute Gasteiger partial charge is 0.119 e. The summed E-state index contributed by atoms with van der Waals surface area (Å²) in [7, 11) is 0. The third-order valence-corrected chi connectivity index (χ3v) is 3.04. The van der Waals surface area contributed by atoms with E-state index in [-0.39, 0.29) is 6.04 Å². The van der Waals surface area contributed by atoms with Crippen molar-refractivity contribution in [2.45, 2.75) is 26.3 Å². The topological polar surface area (TPSA) is 47.3 Å². The number of hydrogen-bond donors (Lipinski definition) is 2. The number of nitrogens with one attached hydrogen (secondary N) is 1. The van der Waals surface area contributed by atoms with E-state index < -0.39 is 0 Å². The van der Waals surface area contributed by atoms with Gasteiger partial charge in [0, 0.05) is 5.02 Å². The van der Waals surface area contributed by atoms with Crippen LogP contribution < -0.4 is 16.0 Å². The molecule has 16 heavy (non-hydrogen) atoms. The molecular weight excluding hydrogens is 224 g/mol. The first-order chi connectivity index (χ1) is 7.67. The fraction of sp³-hybridized carbons (Fsp3) is 0.500. The average molecular weight is 243 g/mol. The molecule has 0 heterocycles. The molecule has 0 spiro atoms. The fourth-order valence-corrected chi connectivity index (χ4v) is 1.50. The molecule has 0 aliphatic carbocycles.